The molecule has 0 radical (unpaired) electrons. The van der Waals surface area contributed by atoms with Gasteiger partial charge in [-0.1, -0.05) is 31.2 Å². The van der Waals surface area contributed by atoms with Crippen molar-refractivity contribution in [2.24, 2.45) is 0 Å². The van der Waals surface area contributed by atoms with Crippen molar-refractivity contribution in [3.05, 3.63) is 54.7 Å². The summed E-state index contributed by atoms with van der Waals surface area (Å²) in [7, 11) is 0. The van der Waals surface area contributed by atoms with Crippen LogP contribution in [-0.4, -0.2) is 19.9 Å². The Balaban J connectivity index is 2.34. The quantitative estimate of drug-likeness (QED) is 0.862. The maximum atomic E-state index is 5.77. The lowest BCUT2D eigenvalue weighted by Crippen LogP contribution is -2.06. The first-order chi connectivity index (χ1) is 9.70. The zero-order valence-corrected chi connectivity index (χ0v) is 11.6. The predicted octanol–water partition coefficient (Wildman–Crippen LogP) is 2.75. The first-order valence-corrected chi connectivity index (χ1v) is 6.42. The van der Waals surface area contributed by atoms with E-state index < -0.39 is 0 Å². The molecule has 0 aromatic carbocycles. The molecule has 2 aromatic heterocycles. The minimum Gasteiger partial charge on any atom is -0.368 e. The maximum absolute atomic E-state index is 5.77. The van der Waals surface area contributed by atoms with Crippen molar-refractivity contribution in [3.63, 3.8) is 0 Å². The Kier molecular flexibility index (Phi) is 4.55. The highest BCUT2D eigenvalue weighted by Crippen LogP contribution is 2.18. The molecule has 102 valence electrons. The molecule has 0 saturated carbocycles. The number of hydrogen-bond donors (Lipinski definition) is 1. The number of nitrogens with zero attached hydrogens (tertiary/aromatic N) is 4. The van der Waals surface area contributed by atoms with Crippen LogP contribution < -0.4 is 5.73 Å². The molecule has 20 heavy (non-hydrogen) atoms. The van der Waals surface area contributed by atoms with Crippen LogP contribution in [0.2, 0.25) is 0 Å². The van der Waals surface area contributed by atoms with Gasteiger partial charge in [-0.2, -0.15) is 9.97 Å². The molecule has 1 unspecified atom stereocenters. The second-order valence-electron chi connectivity index (χ2n) is 4.32. The largest absolute Gasteiger partial charge is 0.368 e. The molecule has 5 heteroatoms. The zero-order chi connectivity index (χ0) is 14.4. The van der Waals surface area contributed by atoms with Gasteiger partial charge in [0, 0.05) is 23.9 Å². The van der Waals surface area contributed by atoms with Gasteiger partial charge in [0.25, 0.3) is 0 Å². The van der Waals surface area contributed by atoms with Gasteiger partial charge in [0.2, 0.25) is 5.95 Å². The summed E-state index contributed by atoms with van der Waals surface area (Å²) in [5.74, 6) is 1.48. The van der Waals surface area contributed by atoms with Gasteiger partial charge in [-0.25, -0.2) is 4.98 Å². The third kappa shape index (κ3) is 3.47. The molecule has 0 amide bonds. The van der Waals surface area contributed by atoms with Gasteiger partial charge in [0.05, 0.1) is 0 Å². The summed E-state index contributed by atoms with van der Waals surface area (Å²) < 4.78 is 0. The van der Waals surface area contributed by atoms with Crippen LogP contribution in [0.3, 0.4) is 0 Å². The highest BCUT2D eigenvalue weighted by Gasteiger charge is 2.10. The lowest BCUT2D eigenvalue weighted by Gasteiger charge is -2.07. The molecule has 2 aromatic rings. The number of anilines is 1. The van der Waals surface area contributed by atoms with E-state index in [0.717, 1.165) is 5.56 Å². The molecule has 0 bridgehead atoms. The van der Waals surface area contributed by atoms with Crippen molar-refractivity contribution < 1.29 is 0 Å². The van der Waals surface area contributed by atoms with Gasteiger partial charge in [-0.05, 0) is 19.1 Å². The normalized spacial score (nSPS) is 13.1. The van der Waals surface area contributed by atoms with Crippen LogP contribution in [0.25, 0.3) is 11.4 Å². The minimum absolute atomic E-state index is 0.0620. The Hall–Kier alpha value is -2.56. The Bertz CT molecular complexity index is 619. The summed E-state index contributed by atoms with van der Waals surface area (Å²) in [6.45, 7) is 3.98. The van der Waals surface area contributed by atoms with Crippen molar-refractivity contribution in [1.82, 2.24) is 19.9 Å². The monoisotopic (exact) mass is 267 g/mol. The van der Waals surface area contributed by atoms with Crippen molar-refractivity contribution in [2.45, 2.75) is 19.8 Å². The summed E-state index contributed by atoms with van der Waals surface area (Å²) in [6, 6.07) is 3.73. The van der Waals surface area contributed by atoms with Crippen molar-refractivity contribution in [1.29, 1.82) is 0 Å². The fraction of sp³-hybridized carbons (Fsp3) is 0.200. The molecular weight excluding hydrogens is 250 g/mol. The maximum Gasteiger partial charge on any atom is 0.223 e. The van der Waals surface area contributed by atoms with Gasteiger partial charge in [0.1, 0.15) is 5.82 Å². The number of pyridine rings is 1. The van der Waals surface area contributed by atoms with Crippen molar-refractivity contribution in [3.8, 4) is 11.4 Å². The zero-order valence-electron chi connectivity index (χ0n) is 11.6. The Morgan fingerprint density at radius 2 is 2.05 bits per heavy atom. The Labute approximate surface area is 118 Å². The van der Waals surface area contributed by atoms with Crippen LogP contribution in [-0.2, 0) is 0 Å². The fourth-order valence-electron chi connectivity index (χ4n) is 1.67. The second kappa shape index (κ2) is 6.56. The summed E-state index contributed by atoms with van der Waals surface area (Å²) in [6.07, 6.45) is 11.3. The molecule has 2 rings (SSSR count). The summed E-state index contributed by atoms with van der Waals surface area (Å²) in [4.78, 5) is 16.9. The van der Waals surface area contributed by atoms with Crippen LogP contribution >= 0.6 is 0 Å². The van der Waals surface area contributed by atoms with Crippen LogP contribution in [0.1, 0.15) is 25.6 Å². The van der Waals surface area contributed by atoms with E-state index in [1.807, 2.05) is 50.3 Å². The molecule has 0 aliphatic rings. The van der Waals surface area contributed by atoms with Crippen LogP contribution in [0.15, 0.2) is 48.8 Å². The molecule has 0 aliphatic carbocycles. The smallest absolute Gasteiger partial charge is 0.223 e. The van der Waals surface area contributed by atoms with E-state index >= 15 is 0 Å². The molecule has 2 N–H and O–H groups in total. The minimum atomic E-state index is 0.0620. The van der Waals surface area contributed by atoms with Gasteiger partial charge < -0.3 is 5.73 Å². The SMILES string of the molecule is C/C=C\C=C/C(C)c1nc(N)nc(-c2cccnc2)n1. The fourth-order valence-corrected chi connectivity index (χ4v) is 1.67. The molecule has 1 atom stereocenters. The van der Waals surface area contributed by atoms with E-state index in [9.17, 15) is 0 Å². The number of nitrogens with two attached hydrogens (primary N) is 1. The molecule has 0 spiro atoms. The lowest BCUT2D eigenvalue weighted by atomic mass is 10.1. The van der Waals surface area contributed by atoms with Gasteiger partial charge in [0.15, 0.2) is 5.82 Å². The number of aromatic nitrogens is 4. The first kappa shape index (κ1) is 13.9. The Morgan fingerprint density at radius 1 is 1.20 bits per heavy atom. The van der Waals surface area contributed by atoms with E-state index in [4.69, 9.17) is 5.73 Å². The standard InChI is InChI=1S/C15H17N5/c1-3-4-5-7-11(2)13-18-14(20-15(16)19-13)12-8-6-9-17-10-12/h3-11H,1-2H3,(H2,16,18,19,20)/b4-3-,7-5-. The second-order valence-corrected chi connectivity index (χ2v) is 4.32. The highest BCUT2D eigenvalue weighted by molar-refractivity contribution is 5.54. The summed E-state index contributed by atoms with van der Waals surface area (Å²) in [5.41, 5.74) is 6.60. The molecule has 5 nitrogen and oxygen atoms in total. The molecule has 0 saturated heterocycles. The Morgan fingerprint density at radius 3 is 2.75 bits per heavy atom. The number of nitrogen functional groups attached to an aromatic ring is 1. The van der Waals surface area contributed by atoms with Gasteiger partial charge in [-0.15, -0.1) is 0 Å². The van der Waals surface area contributed by atoms with Gasteiger partial charge >= 0.3 is 0 Å². The average Bonchev–Trinajstić information content (AvgIpc) is 2.47. The van der Waals surface area contributed by atoms with Crippen molar-refractivity contribution in [2.75, 3.05) is 5.73 Å². The number of allylic oxidation sites excluding steroid dienone is 4. The molecule has 2 heterocycles. The molecule has 0 fully saturated rings. The first-order valence-electron chi connectivity index (χ1n) is 6.42. The van der Waals surface area contributed by atoms with Crippen LogP contribution in [0.4, 0.5) is 5.95 Å². The van der Waals surface area contributed by atoms with E-state index in [1.165, 1.54) is 0 Å². The third-order valence-corrected chi connectivity index (χ3v) is 2.70. The third-order valence-electron chi connectivity index (χ3n) is 2.70. The topological polar surface area (TPSA) is 77.6 Å². The molecule has 0 aliphatic heterocycles. The highest BCUT2D eigenvalue weighted by atomic mass is 15.1. The average molecular weight is 267 g/mol. The number of rotatable bonds is 4. The van der Waals surface area contributed by atoms with E-state index in [-0.39, 0.29) is 11.9 Å². The summed E-state index contributed by atoms with van der Waals surface area (Å²) in [5, 5.41) is 0. The van der Waals surface area contributed by atoms with Crippen molar-refractivity contribution >= 4 is 5.95 Å². The van der Waals surface area contributed by atoms with Gasteiger partial charge in [-0.3, -0.25) is 4.98 Å². The predicted molar refractivity (Wildman–Crippen MR) is 79.8 cm³/mol. The van der Waals surface area contributed by atoms with E-state index in [1.54, 1.807) is 12.4 Å². The summed E-state index contributed by atoms with van der Waals surface area (Å²) >= 11 is 0. The van der Waals surface area contributed by atoms with Crippen LogP contribution in [0.5, 0.6) is 0 Å². The van der Waals surface area contributed by atoms with E-state index in [2.05, 4.69) is 19.9 Å². The lowest BCUT2D eigenvalue weighted by molar-refractivity contribution is 0.829. The number of hydrogen-bond acceptors (Lipinski definition) is 5. The molecular formula is C15H17N5. The van der Waals surface area contributed by atoms with E-state index in [0.29, 0.717) is 11.6 Å². The van der Waals surface area contributed by atoms with Crippen LogP contribution in [0, 0.1) is 0 Å².